The van der Waals surface area contributed by atoms with Crippen LogP contribution in [0.3, 0.4) is 0 Å². The summed E-state index contributed by atoms with van der Waals surface area (Å²) < 4.78 is 44.7. The molecule has 5 aliphatic heterocycles. The Morgan fingerprint density at radius 1 is 0.400 bits per heavy atom. The van der Waals surface area contributed by atoms with Crippen LogP contribution in [0.1, 0.15) is 360 Å². The number of hydrogen-bond donors (Lipinski definition) is 7. The van der Waals surface area contributed by atoms with Crippen molar-refractivity contribution in [3.8, 4) is 12.3 Å². The van der Waals surface area contributed by atoms with Crippen LogP contribution in [0, 0.1) is 58.7 Å². The molecule has 0 bridgehead atoms. The number of terminal acetylenes is 1. The number of ether oxygens (including phenoxy) is 8. The van der Waals surface area contributed by atoms with Crippen molar-refractivity contribution in [3.05, 3.63) is 0 Å². The molecule has 9 aliphatic carbocycles. The van der Waals surface area contributed by atoms with E-state index in [1.54, 1.807) is 7.11 Å². The van der Waals surface area contributed by atoms with Crippen molar-refractivity contribution in [1.29, 1.82) is 0 Å². The predicted molar refractivity (Wildman–Crippen MR) is 527 cm³/mol. The second-order valence-corrected chi connectivity index (χ2v) is 50.6. The molecule has 14 rings (SSSR count). The van der Waals surface area contributed by atoms with Crippen molar-refractivity contribution < 1.29 is 37.9 Å². The third-order valence-electron chi connectivity index (χ3n) is 27.5. The Labute approximate surface area is 772 Å². The van der Waals surface area contributed by atoms with Gasteiger partial charge in [0, 0.05) is 166 Å². The monoisotopic (exact) mass is 1760 g/mol. The van der Waals surface area contributed by atoms with Gasteiger partial charge in [-0.2, -0.15) is 0 Å². The second kappa shape index (κ2) is 52.8. The van der Waals surface area contributed by atoms with Crippen molar-refractivity contribution in [2.24, 2.45) is 46.3 Å². The fourth-order valence-corrected chi connectivity index (χ4v) is 18.8. The van der Waals surface area contributed by atoms with Crippen LogP contribution in [0.2, 0.25) is 0 Å². The summed E-state index contributed by atoms with van der Waals surface area (Å²) in [5.41, 5.74) is 2.57. The predicted octanol–water partition coefficient (Wildman–Crippen LogP) is 18.5. The van der Waals surface area contributed by atoms with Crippen LogP contribution < -0.4 is 37.2 Å². The standard InChI is InChI=1S/C18H34N2.C13H26N2.C13H23N.C13H24O2.C13H26O.C12H24N2O2.C12H26N2O2.C12H24N2O/c1-18(2,3)19-16-8-10-17(11-9-16)20(12-14-4-5-14)13-15-6-7-15;1-13(2,3)15-12-8-6-11(7-9-12)14-10-4-5-10;1-5-11-6-8-12(9-7-11)10-14-13(2,3)4;1-12(2,3)15-8-11-4-6-13(7-5-11)9-14-10-13;1-12(2,3)14-10-11-6-8-13(4,5)9-7-11;1-12(2,3)13-6-11-7-14(4-5-16-11)10-8-15-9-10;1-12(2,3)13-9-11-10-14(5-7-15-4)6-8-16-11;1-12(2,3)13-8-11-9-14(6-7-15-11)10-4-5-10/h14-17,19H,4-13H2,1-3H3;10-12,14-15H,4-9H2,1-3H3;1,11-12,14H,6-10H2,2-4H3;11H,4-10H2,1-3H3;11H,6-10H2,1-5H3;10-11,13H,4-9H2,1-3H3;11,13H,5-10H2,1-4H3;10-11,13H,4-9H2,1-3H3. The first-order chi connectivity index (χ1) is 58.4. The van der Waals surface area contributed by atoms with E-state index in [0.717, 1.165) is 204 Å². The maximum Gasteiger partial charge on any atom is 0.0827 e. The summed E-state index contributed by atoms with van der Waals surface area (Å²) in [5, 5.41) is 25.4. The number of methoxy groups -OCH3 is 1. The van der Waals surface area contributed by atoms with Gasteiger partial charge in [-0.05, 0) is 388 Å². The maximum atomic E-state index is 5.86. The van der Waals surface area contributed by atoms with E-state index in [2.05, 4.69) is 243 Å². The van der Waals surface area contributed by atoms with Crippen LogP contribution in [0.4, 0.5) is 0 Å². The van der Waals surface area contributed by atoms with Crippen molar-refractivity contribution >= 4 is 0 Å². The van der Waals surface area contributed by atoms with Crippen molar-refractivity contribution in [1.82, 2.24) is 56.8 Å². The fourth-order valence-electron chi connectivity index (χ4n) is 18.8. The molecule has 734 valence electrons. The van der Waals surface area contributed by atoms with E-state index in [0.29, 0.717) is 41.1 Å². The lowest BCUT2D eigenvalue weighted by molar-refractivity contribution is -0.142. The molecule has 14 fully saturated rings. The Morgan fingerprint density at radius 2 is 0.784 bits per heavy atom. The van der Waals surface area contributed by atoms with E-state index < -0.39 is 0 Å². The van der Waals surface area contributed by atoms with Gasteiger partial charge in [0.2, 0.25) is 0 Å². The summed E-state index contributed by atoms with van der Waals surface area (Å²) in [6, 6.07) is 5.62. The number of nitrogens with zero attached hydrogens (tertiary/aromatic N) is 4. The average molecular weight is 1760 g/mol. The lowest BCUT2D eigenvalue weighted by Gasteiger charge is -2.46. The fraction of sp³-hybridized carbons (Fsp3) is 0.981. The zero-order chi connectivity index (χ0) is 91.9. The first-order valence-electron chi connectivity index (χ1n) is 51.9. The topological polar surface area (TPSA) is 171 Å². The Balaban J connectivity index is 0.000000197. The molecule has 3 unspecified atom stereocenters. The highest BCUT2D eigenvalue weighted by Crippen LogP contribution is 2.45. The van der Waals surface area contributed by atoms with Gasteiger partial charge in [-0.3, -0.25) is 19.6 Å². The Kier molecular flexibility index (Phi) is 46.8. The highest BCUT2D eigenvalue weighted by Gasteiger charge is 2.43. The number of nitrogens with one attached hydrogen (secondary N) is 7. The Hall–Kier alpha value is -1.20. The molecule has 9 saturated carbocycles. The minimum Gasteiger partial charge on any atom is -0.383 e. The molecular formula is C106H207N11O8. The van der Waals surface area contributed by atoms with Crippen LogP contribution in [-0.2, 0) is 37.9 Å². The van der Waals surface area contributed by atoms with Gasteiger partial charge in [0.05, 0.1) is 102 Å². The van der Waals surface area contributed by atoms with Gasteiger partial charge in [0.15, 0.2) is 0 Å². The Morgan fingerprint density at radius 3 is 1.14 bits per heavy atom. The highest BCUT2D eigenvalue weighted by molar-refractivity contribution is 4.98. The zero-order valence-electron chi connectivity index (χ0n) is 86.9. The van der Waals surface area contributed by atoms with E-state index in [-0.39, 0.29) is 44.4 Å². The third-order valence-corrected chi connectivity index (χ3v) is 27.5. The summed E-state index contributed by atoms with van der Waals surface area (Å²) in [4.78, 5) is 10.4. The summed E-state index contributed by atoms with van der Waals surface area (Å²) in [7, 11) is 1.75. The summed E-state index contributed by atoms with van der Waals surface area (Å²) in [6.45, 7) is 81.0. The molecular weight excluding hydrogens is 1560 g/mol. The third kappa shape index (κ3) is 52.5. The smallest absolute Gasteiger partial charge is 0.0827 e. The van der Waals surface area contributed by atoms with E-state index in [4.69, 9.17) is 44.3 Å². The van der Waals surface area contributed by atoms with Gasteiger partial charge in [-0.25, -0.2) is 0 Å². The van der Waals surface area contributed by atoms with Crippen molar-refractivity contribution in [3.63, 3.8) is 0 Å². The highest BCUT2D eigenvalue weighted by atomic mass is 16.5. The zero-order valence-corrected chi connectivity index (χ0v) is 86.9. The molecule has 19 heteroatoms. The van der Waals surface area contributed by atoms with E-state index in [1.807, 2.05) is 0 Å². The van der Waals surface area contributed by atoms with Crippen LogP contribution in [0.15, 0.2) is 0 Å². The maximum absolute atomic E-state index is 5.86. The largest absolute Gasteiger partial charge is 0.383 e. The first kappa shape index (κ1) is 111. The molecule has 19 nitrogen and oxygen atoms in total. The van der Waals surface area contributed by atoms with Gasteiger partial charge in [0.1, 0.15) is 0 Å². The summed E-state index contributed by atoms with van der Waals surface area (Å²) in [6.07, 6.45) is 45.0. The molecule has 3 atom stereocenters. The minimum absolute atomic E-state index is 0.0225. The van der Waals surface area contributed by atoms with E-state index >= 15 is 0 Å². The molecule has 0 radical (unpaired) electrons. The molecule has 0 aromatic heterocycles. The first-order valence-corrected chi connectivity index (χ1v) is 51.9. The lowest BCUT2D eigenvalue weighted by Crippen LogP contribution is -2.57. The molecule has 1 spiro atoms. The van der Waals surface area contributed by atoms with Gasteiger partial charge >= 0.3 is 0 Å². The normalized spacial score (nSPS) is 28.4. The van der Waals surface area contributed by atoms with Gasteiger partial charge in [-0.1, -0.05) is 13.8 Å². The summed E-state index contributed by atoms with van der Waals surface area (Å²) >= 11 is 0. The number of morpholine rings is 3. The van der Waals surface area contributed by atoms with Crippen LogP contribution in [0.5, 0.6) is 0 Å². The van der Waals surface area contributed by atoms with Crippen molar-refractivity contribution in [2.75, 3.05) is 158 Å². The molecule has 0 amide bonds. The molecule has 0 aromatic rings. The van der Waals surface area contributed by atoms with Gasteiger partial charge < -0.3 is 75.1 Å². The molecule has 14 aliphatic rings. The quantitative estimate of drug-likeness (QED) is 0.0408. The number of hydrogen-bond acceptors (Lipinski definition) is 19. The lowest BCUT2D eigenvalue weighted by atomic mass is 9.69. The summed E-state index contributed by atoms with van der Waals surface area (Å²) in [5.74, 6) is 7.98. The minimum atomic E-state index is 0.0225. The van der Waals surface area contributed by atoms with Crippen LogP contribution in [0.25, 0.3) is 0 Å². The molecule has 7 N–H and O–H groups in total. The average Bonchev–Trinajstić information content (AvgIpc) is 1.80. The van der Waals surface area contributed by atoms with E-state index in [1.165, 1.54) is 193 Å². The van der Waals surface area contributed by atoms with Crippen LogP contribution in [-0.4, -0.2) is 283 Å². The second-order valence-electron chi connectivity index (χ2n) is 50.6. The van der Waals surface area contributed by atoms with Crippen molar-refractivity contribution in [2.45, 2.75) is 465 Å². The van der Waals surface area contributed by atoms with Gasteiger partial charge in [0.25, 0.3) is 0 Å². The Bertz CT molecular complexity index is 2830. The van der Waals surface area contributed by atoms with Crippen LogP contribution >= 0.6 is 0 Å². The molecule has 5 saturated heterocycles. The van der Waals surface area contributed by atoms with E-state index in [9.17, 15) is 0 Å². The molecule has 5 heterocycles. The molecule has 125 heavy (non-hydrogen) atoms. The SMILES string of the molecule is C#CC1CCC(CNC(C)(C)C)CC1.CC(C)(C)NC1CCC(N(CC2CC2)CC2CC2)CC1.CC(C)(C)NC1CCC(NC2CC2)CC1.CC(C)(C)NCC1CN(C2CC2)CCO1.CC(C)(C)NCC1CN(C2COC2)CCO1.CC(C)(C)OCC1CCC2(CC1)COC2.CC1(C)CCC(COC(C)(C)C)CC1.COCCN1CCOC(CNC(C)(C)C)C1. The number of rotatable bonds is 26. The van der Waals surface area contributed by atoms with Gasteiger partial charge in [-0.15, -0.1) is 12.3 Å². The molecule has 0 aromatic carbocycles.